The molecule has 5 nitrogen and oxygen atoms in total. The van der Waals surface area contributed by atoms with Gasteiger partial charge in [0.05, 0.1) is 6.10 Å². The number of aliphatic hydroxyl groups excluding tert-OH is 1. The molecule has 2 saturated carbocycles. The van der Waals surface area contributed by atoms with Crippen molar-refractivity contribution in [3.05, 3.63) is 0 Å². The van der Waals surface area contributed by atoms with Gasteiger partial charge in [0, 0.05) is 18.6 Å². The molecule has 0 heterocycles. The standard InChI is InChI=1S/C16H31N3O2/c20-15-9-7-14(8-10-15)19-16(21)18-12-4-11-17-13-5-2-1-3-6-13/h13-15,17,20H,1-12H2,(H2,18,19,21). The lowest BCUT2D eigenvalue weighted by Crippen LogP contribution is -2.44. The summed E-state index contributed by atoms with van der Waals surface area (Å²) in [5.74, 6) is 0. The van der Waals surface area contributed by atoms with Gasteiger partial charge in [0.15, 0.2) is 0 Å². The van der Waals surface area contributed by atoms with Gasteiger partial charge >= 0.3 is 6.03 Å². The smallest absolute Gasteiger partial charge is 0.315 e. The molecule has 0 bridgehead atoms. The lowest BCUT2D eigenvalue weighted by Gasteiger charge is -2.26. The largest absolute Gasteiger partial charge is 0.393 e. The molecule has 0 spiro atoms. The second-order valence-corrected chi connectivity index (χ2v) is 6.55. The van der Waals surface area contributed by atoms with Crippen molar-refractivity contribution in [3.8, 4) is 0 Å². The quantitative estimate of drug-likeness (QED) is 0.566. The summed E-state index contributed by atoms with van der Waals surface area (Å²) in [6.45, 7) is 1.71. The van der Waals surface area contributed by atoms with Gasteiger partial charge in [0.1, 0.15) is 0 Å². The first-order valence-electron chi connectivity index (χ1n) is 8.70. The third kappa shape index (κ3) is 6.66. The monoisotopic (exact) mass is 297 g/mol. The van der Waals surface area contributed by atoms with Crippen molar-refractivity contribution < 1.29 is 9.90 Å². The molecule has 2 aliphatic rings. The second-order valence-electron chi connectivity index (χ2n) is 6.55. The minimum atomic E-state index is -0.169. The predicted octanol–water partition coefficient (Wildman–Crippen LogP) is 1.90. The van der Waals surface area contributed by atoms with Gasteiger partial charge < -0.3 is 21.1 Å². The normalized spacial score (nSPS) is 27.3. The maximum absolute atomic E-state index is 11.8. The molecule has 5 heteroatoms. The zero-order valence-corrected chi connectivity index (χ0v) is 13.1. The average Bonchev–Trinajstić information content (AvgIpc) is 2.50. The minimum absolute atomic E-state index is 0.0611. The zero-order chi connectivity index (χ0) is 14.9. The Kier molecular flexibility index (Phi) is 7.30. The minimum Gasteiger partial charge on any atom is -0.393 e. The Hall–Kier alpha value is -0.810. The maximum Gasteiger partial charge on any atom is 0.315 e. The van der Waals surface area contributed by atoms with Crippen molar-refractivity contribution in [2.75, 3.05) is 13.1 Å². The first kappa shape index (κ1) is 16.6. The van der Waals surface area contributed by atoms with Gasteiger partial charge in [0.2, 0.25) is 0 Å². The van der Waals surface area contributed by atoms with Gasteiger partial charge in [-0.3, -0.25) is 0 Å². The van der Waals surface area contributed by atoms with Gasteiger partial charge in [0.25, 0.3) is 0 Å². The number of carbonyl (C=O) groups is 1. The van der Waals surface area contributed by atoms with Crippen molar-refractivity contribution in [3.63, 3.8) is 0 Å². The van der Waals surface area contributed by atoms with Crippen LogP contribution >= 0.6 is 0 Å². The molecule has 0 aromatic rings. The van der Waals surface area contributed by atoms with E-state index in [1.807, 2.05) is 0 Å². The highest BCUT2D eigenvalue weighted by molar-refractivity contribution is 5.74. The number of hydrogen-bond donors (Lipinski definition) is 4. The SMILES string of the molecule is O=C(NCCCNC1CCCCC1)NC1CCC(O)CC1. The summed E-state index contributed by atoms with van der Waals surface area (Å²) in [6.07, 6.45) is 10.9. The second kappa shape index (κ2) is 9.26. The summed E-state index contributed by atoms with van der Waals surface area (Å²) in [5.41, 5.74) is 0. The molecule has 0 aromatic carbocycles. The number of hydrogen-bond acceptors (Lipinski definition) is 3. The van der Waals surface area contributed by atoms with E-state index < -0.39 is 0 Å². The van der Waals surface area contributed by atoms with E-state index in [4.69, 9.17) is 0 Å². The number of carbonyl (C=O) groups excluding carboxylic acids is 1. The van der Waals surface area contributed by atoms with E-state index in [0.29, 0.717) is 6.04 Å². The van der Waals surface area contributed by atoms with Crippen LogP contribution in [0.3, 0.4) is 0 Å². The van der Waals surface area contributed by atoms with Crippen LogP contribution in [0.1, 0.15) is 64.2 Å². The molecule has 0 saturated heterocycles. The van der Waals surface area contributed by atoms with Crippen LogP contribution in [0, 0.1) is 0 Å². The Morgan fingerprint density at radius 2 is 1.62 bits per heavy atom. The van der Waals surface area contributed by atoms with E-state index in [1.165, 1.54) is 32.1 Å². The fourth-order valence-corrected chi connectivity index (χ4v) is 3.36. The van der Waals surface area contributed by atoms with E-state index in [0.717, 1.165) is 45.2 Å². The molecule has 0 radical (unpaired) electrons. The van der Waals surface area contributed by atoms with Crippen molar-refractivity contribution in [2.24, 2.45) is 0 Å². The summed E-state index contributed by atoms with van der Waals surface area (Å²) in [5, 5.41) is 18.9. The van der Waals surface area contributed by atoms with Crippen LogP contribution in [0.4, 0.5) is 4.79 Å². The molecular weight excluding hydrogens is 266 g/mol. The van der Waals surface area contributed by atoms with Gasteiger partial charge in [-0.05, 0) is 51.5 Å². The fraction of sp³-hybridized carbons (Fsp3) is 0.938. The summed E-state index contributed by atoms with van der Waals surface area (Å²) in [6, 6.07) is 0.865. The van der Waals surface area contributed by atoms with Crippen LogP contribution < -0.4 is 16.0 Å². The first-order valence-corrected chi connectivity index (χ1v) is 8.70. The predicted molar refractivity (Wildman–Crippen MR) is 84.3 cm³/mol. The van der Waals surface area contributed by atoms with Crippen molar-refractivity contribution in [2.45, 2.75) is 82.4 Å². The van der Waals surface area contributed by atoms with Gasteiger partial charge in [-0.1, -0.05) is 19.3 Å². The maximum atomic E-state index is 11.8. The first-order chi connectivity index (χ1) is 10.2. The number of aliphatic hydroxyl groups is 1. The third-order valence-electron chi connectivity index (χ3n) is 4.71. The summed E-state index contributed by atoms with van der Waals surface area (Å²) in [7, 11) is 0. The molecule has 21 heavy (non-hydrogen) atoms. The van der Waals surface area contributed by atoms with Crippen molar-refractivity contribution >= 4 is 6.03 Å². The highest BCUT2D eigenvalue weighted by atomic mass is 16.3. The fourth-order valence-electron chi connectivity index (χ4n) is 3.36. The summed E-state index contributed by atoms with van der Waals surface area (Å²) >= 11 is 0. The highest BCUT2D eigenvalue weighted by Crippen LogP contribution is 2.18. The Labute approximate surface area is 128 Å². The molecular formula is C16H31N3O2. The van der Waals surface area contributed by atoms with E-state index in [1.54, 1.807) is 0 Å². The van der Waals surface area contributed by atoms with Crippen LogP contribution in [0.2, 0.25) is 0 Å². The zero-order valence-electron chi connectivity index (χ0n) is 13.1. The van der Waals surface area contributed by atoms with Gasteiger partial charge in [-0.2, -0.15) is 0 Å². The summed E-state index contributed by atoms with van der Waals surface area (Å²) < 4.78 is 0. The van der Waals surface area contributed by atoms with Gasteiger partial charge in [-0.15, -0.1) is 0 Å². The van der Waals surface area contributed by atoms with E-state index in [9.17, 15) is 9.90 Å². The molecule has 0 atom stereocenters. The molecule has 0 unspecified atom stereocenters. The van der Waals surface area contributed by atoms with Crippen LogP contribution in [-0.4, -0.2) is 42.4 Å². The topological polar surface area (TPSA) is 73.4 Å². The molecule has 122 valence electrons. The Morgan fingerprint density at radius 1 is 0.905 bits per heavy atom. The van der Waals surface area contributed by atoms with Crippen LogP contribution in [0.25, 0.3) is 0 Å². The number of urea groups is 1. The number of rotatable bonds is 6. The van der Waals surface area contributed by atoms with Crippen LogP contribution in [0.5, 0.6) is 0 Å². The van der Waals surface area contributed by atoms with E-state index >= 15 is 0 Å². The summed E-state index contributed by atoms with van der Waals surface area (Å²) in [4.78, 5) is 11.8. The van der Waals surface area contributed by atoms with Crippen LogP contribution in [0.15, 0.2) is 0 Å². The van der Waals surface area contributed by atoms with E-state index in [-0.39, 0.29) is 18.2 Å². The molecule has 2 aliphatic carbocycles. The average molecular weight is 297 g/mol. The number of amides is 2. The molecule has 2 fully saturated rings. The van der Waals surface area contributed by atoms with Crippen molar-refractivity contribution in [1.82, 2.24) is 16.0 Å². The highest BCUT2D eigenvalue weighted by Gasteiger charge is 2.20. The lowest BCUT2D eigenvalue weighted by molar-refractivity contribution is 0.117. The molecule has 0 aliphatic heterocycles. The molecule has 2 rings (SSSR count). The lowest BCUT2D eigenvalue weighted by atomic mass is 9.93. The van der Waals surface area contributed by atoms with Crippen LogP contribution in [-0.2, 0) is 0 Å². The van der Waals surface area contributed by atoms with Crippen molar-refractivity contribution in [1.29, 1.82) is 0 Å². The van der Waals surface area contributed by atoms with Gasteiger partial charge in [-0.25, -0.2) is 4.79 Å². The third-order valence-corrected chi connectivity index (χ3v) is 4.71. The molecule has 4 N–H and O–H groups in total. The van der Waals surface area contributed by atoms with E-state index in [2.05, 4.69) is 16.0 Å². The molecule has 2 amide bonds. The molecule has 0 aromatic heterocycles. The Balaban J connectivity index is 1.45. The Morgan fingerprint density at radius 3 is 2.33 bits per heavy atom. The Bertz CT molecular complexity index is 298. The number of nitrogens with one attached hydrogen (secondary N) is 3.